The van der Waals surface area contributed by atoms with Crippen LogP contribution < -0.4 is 0 Å². The quantitative estimate of drug-likeness (QED) is 0.441. The number of carbonyl (C=O) groups excluding carboxylic acids is 1. The molecule has 1 aliphatic carbocycles. The Morgan fingerprint density at radius 2 is 2.20 bits per heavy atom. The monoisotopic (exact) mass is 315 g/mol. The van der Waals surface area contributed by atoms with E-state index < -0.39 is 0 Å². The van der Waals surface area contributed by atoms with Crippen LogP contribution in [0.4, 0.5) is 4.79 Å². The zero-order valence-electron chi connectivity index (χ0n) is 8.74. The minimum Gasteiger partial charge on any atom is -0.330 e. The molecule has 0 saturated heterocycles. The van der Waals surface area contributed by atoms with Gasteiger partial charge in [0, 0.05) is 29.6 Å². The van der Waals surface area contributed by atoms with Gasteiger partial charge >= 0.3 is 0 Å². The van der Waals surface area contributed by atoms with Gasteiger partial charge in [0.05, 0.1) is 6.04 Å². The van der Waals surface area contributed by atoms with Crippen molar-refractivity contribution >= 4 is 26.5 Å². The van der Waals surface area contributed by atoms with E-state index in [2.05, 4.69) is 24.3 Å². The van der Waals surface area contributed by atoms with E-state index in [-0.39, 0.29) is 9.96 Å². The van der Waals surface area contributed by atoms with Crippen LogP contribution in [0.1, 0.15) is 30.0 Å². The third-order valence-corrected chi connectivity index (χ3v) is 3.84. The fraction of sp³-hybridized carbons (Fsp3) is 0.417. The number of aryl methyl sites for hydroxylation is 1. The van der Waals surface area contributed by atoms with E-state index in [1.165, 1.54) is 17.5 Å². The van der Waals surface area contributed by atoms with Crippen molar-refractivity contribution in [1.29, 1.82) is 0 Å². The highest BCUT2D eigenvalue weighted by Gasteiger charge is 2.24. The molecule has 1 aliphatic rings. The van der Waals surface area contributed by atoms with Crippen LogP contribution in [0.2, 0.25) is 0 Å². The van der Waals surface area contributed by atoms with E-state index in [4.69, 9.17) is 0 Å². The number of rotatable bonds is 1. The average Bonchev–Trinajstić information content (AvgIpc) is 2.27. The molecule has 2 nitrogen and oxygen atoms in total. The highest BCUT2D eigenvalue weighted by atomic mass is 127. The predicted octanol–water partition coefficient (Wildman–Crippen LogP) is 3.55. The molecule has 0 N–H and O–H groups in total. The summed E-state index contributed by atoms with van der Waals surface area (Å²) in [6.07, 6.45) is 3.41. The van der Waals surface area contributed by atoms with Crippen LogP contribution in [-0.2, 0) is 6.42 Å². The maximum Gasteiger partial charge on any atom is 0.283 e. The van der Waals surface area contributed by atoms with Crippen LogP contribution in [0.5, 0.6) is 0 Å². The zero-order chi connectivity index (χ0) is 10.8. The Hall–Kier alpha value is -0.580. The van der Waals surface area contributed by atoms with Crippen LogP contribution in [0.3, 0.4) is 0 Å². The molecule has 1 amide bonds. The summed E-state index contributed by atoms with van der Waals surface area (Å²) in [5, 5.41) is 0. The highest BCUT2D eigenvalue weighted by Crippen LogP contribution is 2.33. The number of fused-ring (bicyclic) bond motifs is 1. The molecule has 0 fully saturated rings. The molecule has 0 aromatic heterocycles. The molecular formula is C12H14INO. The van der Waals surface area contributed by atoms with Gasteiger partial charge < -0.3 is 4.90 Å². The lowest BCUT2D eigenvalue weighted by atomic mass is 9.87. The molecule has 3 heteroatoms. The molecule has 1 atom stereocenters. The van der Waals surface area contributed by atoms with Crippen molar-refractivity contribution in [3.05, 3.63) is 35.4 Å². The average molecular weight is 315 g/mol. The summed E-state index contributed by atoms with van der Waals surface area (Å²) in [7, 11) is 1.89. The Bertz CT molecular complexity index is 378. The van der Waals surface area contributed by atoms with Crippen LogP contribution in [0.25, 0.3) is 0 Å². The Labute approximate surface area is 104 Å². The van der Waals surface area contributed by atoms with Crippen LogP contribution in [0, 0.1) is 0 Å². The van der Waals surface area contributed by atoms with Crippen LogP contribution in [-0.4, -0.2) is 15.9 Å². The molecular weight excluding hydrogens is 301 g/mol. The molecule has 0 bridgehead atoms. The summed E-state index contributed by atoms with van der Waals surface area (Å²) in [4.78, 5) is 13.2. The van der Waals surface area contributed by atoms with Crippen molar-refractivity contribution in [2.24, 2.45) is 0 Å². The minimum absolute atomic E-state index is 0.120. The largest absolute Gasteiger partial charge is 0.330 e. The maximum absolute atomic E-state index is 11.4. The molecule has 0 saturated carbocycles. The molecule has 0 spiro atoms. The number of hydrogen-bond donors (Lipinski definition) is 0. The summed E-state index contributed by atoms with van der Waals surface area (Å²) in [5.74, 6) is 0. The Balaban J connectivity index is 2.33. The Morgan fingerprint density at radius 1 is 1.47 bits per heavy atom. The van der Waals surface area contributed by atoms with Gasteiger partial charge in [-0.05, 0) is 30.4 Å². The number of carbonyl (C=O) groups is 1. The minimum atomic E-state index is 0.120. The lowest BCUT2D eigenvalue weighted by Crippen LogP contribution is -2.29. The van der Waals surface area contributed by atoms with E-state index in [1.54, 1.807) is 0 Å². The standard InChI is InChI=1S/C12H14INO/c1-14(12(13)15)11-8-4-6-9-5-2-3-7-10(9)11/h2-3,5,7,11H,4,6,8H2,1H3/t11-/m0/s1. The zero-order valence-corrected chi connectivity index (χ0v) is 10.9. The second-order valence-electron chi connectivity index (χ2n) is 3.97. The number of benzene rings is 1. The van der Waals surface area contributed by atoms with Crippen molar-refractivity contribution in [1.82, 2.24) is 4.90 Å². The van der Waals surface area contributed by atoms with E-state index in [0.717, 1.165) is 12.8 Å². The van der Waals surface area contributed by atoms with Crippen molar-refractivity contribution in [3.63, 3.8) is 0 Å². The molecule has 1 aromatic rings. The lowest BCUT2D eigenvalue weighted by molar-refractivity contribution is 0.212. The summed E-state index contributed by atoms with van der Waals surface area (Å²) >= 11 is 1.86. The first kappa shape index (κ1) is 10.9. The third-order valence-electron chi connectivity index (χ3n) is 3.08. The van der Waals surface area contributed by atoms with Gasteiger partial charge in [0.25, 0.3) is 3.91 Å². The molecule has 15 heavy (non-hydrogen) atoms. The van der Waals surface area contributed by atoms with Crippen molar-refractivity contribution in [2.75, 3.05) is 7.05 Å². The lowest BCUT2D eigenvalue weighted by Gasteiger charge is -2.32. The van der Waals surface area contributed by atoms with Gasteiger partial charge in [-0.1, -0.05) is 24.3 Å². The SMILES string of the molecule is CN(C(=O)I)[C@H]1CCCc2ccccc21. The molecule has 0 radical (unpaired) electrons. The van der Waals surface area contributed by atoms with Gasteiger partial charge in [-0.3, -0.25) is 4.79 Å². The van der Waals surface area contributed by atoms with Gasteiger partial charge in [0.2, 0.25) is 0 Å². The van der Waals surface area contributed by atoms with Crippen LogP contribution in [0.15, 0.2) is 24.3 Å². The van der Waals surface area contributed by atoms with Gasteiger partial charge in [-0.2, -0.15) is 0 Å². The highest BCUT2D eigenvalue weighted by molar-refractivity contribution is 14.1. The van der Waals surface area contributed by atoms with Crippen molar-refractivity contribution < 1.29 is 4.79 Å². The summed E-state index contributed by atoms with van der Waals surface area (Å²) in [6, 6.07) is 8.73. The van der Waals surface area contributed by atoms with Crippen LogP contribution >= 0.6 is 22.6 Å². The molecule has 1 aromatic carbocycles. The van der Waals surface area contributed by atoms with E-state index >= 15 is 0 Å². The fourth-order valence-electron chi connectivity index (χ4n) is 2.25. The smallest absolute Gasteiger partial charge is 0.283 e. The second-order valence-corrected chi connectivity index (χ2v) is 4.89. The summed E-state index contributed by atoms with van der Waals surface area (Å²) in [5.41, 5.74) is 2.73. The third kappa shape index (κ3) is 2.17. The van der Waals surface area contributed by atoms with E-state index in [9.17, 15) is 4.79 Å². The number of nitrogens with zero attached hydrogens (tertiary/aromatic N) is 1. The van der Waals surface area contributed by atoms with E-state index in [0.29, 0.717) is 0 Å². The van der Waals surface area contributed by atoms with Gasteiger partial charge in [0.1, 0.15) is 0 Å². The molecule has 2 rings (SSSR count). The summed E-state index contributed by atoms with van der Waals surface area (Å²) < 4.78 is 0.120. The van der Waals surface area contributed by atoms with Gasteiger partial charge in [0.15, 0.2) is 0 Å². The second kappa shape index (κ2) is 4.51. The van der Waals surface area contributed by atoms with Gasteiger partial charge in [-0.15, -0.1) is 0 Å². The number of hydrogen-bond acceptors (Lipinski definition) is 1. The van der Waals surface area contributed by atoms with Crippen molar-refractivity contribution in [3.8, 4) is 0 Å². The predicted molar refractivity (Wildman–Crippen MR) is 69.3 cm³/mol. The first-order chi connectivity index (χ1) is 7.20. The van der Waals surface area contributed by atoms with E-state index in [1.807, 2.05) is 34.5 Å². The molecule has 0 heterocycles. The fourth-order valence-corrected chi connectivity index (χ4v) is 2.59. The molecule has 0 unspecified atom stereocenters. The number of halogens is 1. The summed E-state index contributed by atoms with van der Waals surface area (Å²) in [6.45, 7) is 0. The van der Waals surface area contributed by atoms with Gasteiger partial charge in [-0.25, -0.2) is 0 Å². The normalized spacial score (nSPS) is 19.5. The molecule has 0 aliphatic heterocycles. The first-order valence-corrected chi connectivity index (χ1v) is 6.28. The van der Waals surface area contributed by atoms with Crippen molar-refractivity contribution in [2.45, 2.75) is 25.3 Å². The Morgan fingerprint density at radius 3 is 2.93 bits per heavy atom. The maximum atomic E-state index is 11.4. The Kier molecular flexibility index (Phi) is 3.29. The number of amides is 1. The molecule has 80 valence electrons. The topological polar surface area (TPSA) is 20.3 Å². The first-order valence-electron chi connectivity index (χ1n) is 5.20.